The standard InChI is InChI=1S/C14H10FNO5/c1-8-6-10(3-5-12(8)15)21-13-7-9(16(19)20)2-4-11(13)14(17)18/h2-7H,1H3,(H,17,18). The van der Waals surface area contributed by atoms with Crippen molar-refractivity contribution in [1.29, 1.82) is 0 Å². The molecule has 0 bridgehead atoms. The van der Waals surface area contributed by atoms with Gasteiger partial charge in [0.25, 0.3) is 5.69 Å². The van der Waals surface area contributed by atoms with Crippen molar-refractivity contribution in [2.75, 3.05) is 0 Å². The van der Waals surface area contributed by atoms with Crippen molar-refractivity contribution < 1.29 is 24.0 Å². The molecule has 21 heavy (non-hydrogen) atoms. The minimum Gasteiger partial charge on any atom is -0.478 e. The Kier molecular flexibility index (Phi) is 3.84. The number of carboxylic acid groups (broad SMARTS) is 1. The summed E-state index contributed by atoms with van der Waals surface area (Å²) in [4.78, 5) is 21.2. The number of carbonyl (C=O) groups is 1. The van der Waals surface area contributed by atoms with E-state index in [2.05, 4.69) is 0 Å². The zero-order valence-electron chi connectivity index (χ0n) is 10.9. The normalized spacial score (nSPS) is 10.2. The number of aromatic carboxylic acids is 1. The lowest BCUT2D eigenvalue weighted by Gasteiger charge is -2.09. The number of aryl methyl sites for hydroxylation is 1. The lowest BCUT2D eigenvalue weighted by molar-refractivity contribution is -0.384. The summed E-state index contributed by atoms with van der Waals surface area (Å²) in [6.07, 6.45) is 0. The molecule has 108 valence electrons. The van der Waals surface area contributed by atoms with Crippen molar-refractivity contribution in [3.63, 3.8) is 0 Å². The number of nitro benzene ring substituents is 1. The highest BCUT2D eigenvalue weighted by Gasteiger charge is 2.17. The molecule has 0 fully saturated rings. The van der Waals surface area contributed by atoms with Gasteiger partial charge in [-0.3, -0.25) is 10.1 Å². The first kappa shape index (κ1) is 14.4. The fraction of sp³-hybridized carbons (Fsp3) is 0.0714. The second kappa shape index (κ2) is 5.58. The number of halogens is 1. The van der Waals surface area contributed by atoms with E-state index in [9.17, 15) is 19.3 Å². The van der Waals surface area contributed by atoms with Gasteiger partial charge in [-0.25, -0.2) is 9.18 Å². The van der Waals surface area contributed by atoms with Crippen LogP contribution in [0.4, 0.5) is 10.1 Å². The molecule has 0 saturated carbocycles. The third kappa shape index (κ3) is 3.14. The van der Waals surface area contributed by atoms with Crippen molar-refractivity contribution in [1.82, 2.24) is 0 Å². The van der Waals surface area contributed by atoms with Gasteiger partial charge in [0, 0.05) is 6.07 Å². The fourth-order valence-corrected chi connectivity index (χ4v) is 1.69. The summed E-state index contributed by atoms with van der Waals surface area (Å²) in [6.45, 7) is 1.52. The molecule has 0 aliphatic carbocycles. The predicted molar refractivity (Wildman–Crippen MR) is 71.3 cm³/mol. The summed E-state index contributed by atoms with van der Waals surface area (Å²) in [5, 5.41) is 19.8. The van der Waals surface area contributed by atoms with Crippen molar-refractivity contribution in [3.05, 3.63) is 63.5 Å². The van der Waals surface area contributed by atoms with Gasteiger partial charge in [-0.1, -0.05) is 0 Å². The Hall–Kier alpha value is -2.96. The molecule has 2 aromatic carbocycles. The second-order valence-electron chi connectivity index (χ2n) is 4.26. The fourth-order valence-electron chi connectivity index (χ4n) is 1.69. The number of carboxylic acids is 1. The molecule has 0 amide bonds. The van der Waals surface area contributed by atoms with Gasteiger partial charge in [0.1, 0.15) is 22.9 Å². The van der Waals surface area contributed by atoms with Gasteiger partial charge >= 0.3 is 5.97 Å². The Morgan fingerprint density at radius 3 is 2.57 bits per heavy atom. The number of hydrogen-bond donors (Lipinski definition) is 1. The van der Waals surface area contributed by atoms with E-state index in [1.54, 1.807) is 0 Å². The highest BCUT2D eigenvalue weighted by molar-refractivity contribution is 5.91. The van der Waals surface area contributed by atoms with Crippen molar-refractivity contribution in [3.8, 4) is 11.5 Å². The number of nitro groups is 1. The van der Waals surface area contributed by atoms with E-state index in [1.165, 1.54) is 25.1 Å². The van der Waals surface area contributed by atoms with Crippen LogP contribution in [-0.2, 0) is 0 Å². The third-order valence-corrected chi connectivity index (χ3v) is 2.76. The Morgan fingerprint density at radius 2 is 2.00 bits per heavy atom. The molecule has 0 aliphatic heterocycles. The molecule has 2 aromatic rings. The van der Waals surface area contributed by atoms with Gasteiger partial charge in [0.15, 0.2) is 0 Å². The average molecular weight is 291 g/mol. The van der Waals surface area contributed by atoms with Gasteiger partial charge in [-0.05, 0) is 36.8 Å². The van der Waals surface area contributed by atoms with Crippen LogP contribution in [0.1, 0.15) is 15.9 Å². The first-order chi connectivity index (χ1) is 9.88. The van der Waals surface area contributed by atoms with Crippen LogP contribution >= 0.6 is 0 Å². The summed E-state index contributed by atoms with van der Waals surface area (Å²) in [7, 11) is 0. The lowest BCUT2D eigenvalue weighted by Crippen LogP contribution is -2.01. The molecular weight excluding hydrogens is 281 g/mol. The van der Waals surface area contributed by atoms with Crippen LogP contribution in [-0.4, -0.2) is 16.0 Å². The number of rotatable bonds is 4. The zero-order chi connectivity index (χ0) is 15.6. The van der Waals surface area contributed by atoms with Crippen molar-refractivity contribution in [2.45, 2.75) is 6.92 Å². The quantitative estimate of drug-likeness (QED) is 0.687. The van der Waals surface area contributed by atoms with Crippen molar-refractivity contribution in [2.24, 2.45) is 0 Å². The van der Waals surface area contributed by atoms with Gasteiger partial charge in [-0.15, -0.1) is 0 Å². The molecule has 1 N–H and O–H groups in total. The molecule has 7 heteroatoms. The number of benzene rings is 2. The molecule has 0 aromatic heterocycles. The maximum atomic E-state index is 13.2. The van der Waals surface area contributed by atoms with Crippen LogP contribution in [0.2, 0.25) is 0 Å². The monoisotopic (exact) mass is 291 g/mol. The van der Waals surface area contributed by atoms with Gasteiger partial charge in [-0.2, -0.15) is 0 Å². The number of hydrogen-bond acceptors (Lipinski definition) is 4. The number of nitrogens with zero attached hydrogens (tertiary/aromatic N) is 1. The average Bonchev–Trinajstić information content (AvgIpc) is 2.42. The molecule has 0 heterocycles. The first-order valence-electron chi connectivity index (χ1n) is 5.84. The third-order valence-electron chi connectivity index (χ3n) is 2.76. The van der Waals surface area contributed by atoms with Crippen molar-refractivity contribution >= 4 is 11.7 Å². The van der Waals surface area contributed by atoms with Gasteiger partial charge in [0.2, 0.25) is 0 Å². The zero-order valence-corrected chi connectivity index (χ0v) is 10.9. The maximum absolute atomic E-state index is 13.2. The van der Waals surface area contributed by atoms with E-state index in [4.69, 9.17) is 9.84 Å². The maximum Gasteiger partial charge on any atom is 0.339 e. The first-order valence-corrected chi connectivity index (χ1v) is 5.84. The molecule has 0 spiro atoms. The smallest absolute Gasteiger partial charge is 0.339 e. The van der Waals surface area contributed by atoms with Crippen LogP contribution < -0.4 is 4.74 Å². The second-order valence-corrected chi connectivity index (χ2v) is 4.26. The van der Waals surface area contributed by atoms with Crippen LogP contribution in [0.5, 0.6) is 11.5 Å². The Balaban J connectivity index is 2.45. The predicted octanol–water partition coefficient (Wildman–Crippen LogP) is 3.53. The molecule has 0 unspecified atom stereocenters. The van der Waals surface area contributed by atoms with Crippen LogP contribution in [0.3, 0.4) is 0 Å². The summed E-state index contributed by atoms with van der Waals surface area (Å²) >= 11 is 0. The van der Waals surface area contributed by atoms with E-state index in [-0.39, 0.29) is 22.7 Å². The molecule has 6 nitrogen and oxygen atoms in total. The van der Waals surface area contributed by atoms with E-state index in [0.29, 0.717) is 5.56 Å². The molecule has 0 radical (unpaired) electrons. The minimum atomic E-state index is -1.28. The molecule has 2 rings (SSSR count). The molecule has 0 saturated heterocycles. The lowest BCUT2D eigenvalue weighted by atomic mass is 10.1. The van der Waals surface area contributed by atoms with Crippen LogP contribution in [0, 0.1) is 22.9 Å². The number of ether oxygens (including phenoxy) is 1. The van der Waals surface area contributed by atoms with E-state index < -0.39 is 16.7 Å². The van der Waals surface area contributed by atoms with Crippen LogP contribution in [0.25, 0.3) is 0 Å². The minimum absolute atomic E-state index is 0.178. The summed E-state index contributed by atoms with van der Waals surface area (Å²) in [6, 6.07) is 7.04. The molecular formula is C14H10FNO5. The highest BCUT2D eigenvalue weighted by atomic mass is 19.1. The summed E-state index contributed by atoms with van der Waals surface area (Å²) in [5.74, 6) is -1.70. The molecule has 0 aliphatic rings. The Labute approximate surface area is 118 Å². The highest BCUT2D eigenvalue weighted by Crippen LogP contribution is 2.30. The molecule has 0 atom stereocenters. The van der Waals surface area contributed by atoms with Gasteiger partial charge < -0.3 is 9.84 Å². The van der Waals surface area contributed by atoms with Gasteiger partial charge in [0.05, 0.1) is 11.0 Å². The summed E-state index contributed by atoms with van der Waals surface area (Å²) in [5.41, 5.74) is -0.203. The van der Waals surface area contributed by atoms with E-state index in [1.807, 2.05) is 0 Å². The Morgan fingerprint density at radius 1 is 1.29 bits per heavy atom. The van der Waals surface area contributed by atoms with Crippen LogP contribution in [0.15, 0.2) is 36.4 Å². The Bertz CT molecular complexity index is 729. The SMILES string of the molecule is Cc1cc(Oc2cc([N+](=O)[O-])ccc2C(=O)O)ccc1F. The topological polar surface area (TPSA) is 89.7 Å². The summed E-state index contributed by atoms with van der Waals surface area (Å²) < 4.78 is 18.5. The number of non-ortho nitro benzene ring substituents is 1. The van der Waals surface area contributed by atoms with E-state index in [0.717, 1.165) is 18.2 Å². The largest absolute Gasteiger partial charge is 0.478 e. The van der Waals surface area contributed by atoms with E-state index >= 15 is 0 Å².